The summed E-state index contributed by atoms with van der Waals surface area (Å²) in [7, 11) is 0. The van der Waals surface area contributed by atoms with Crippen molar-refractivity contribution in [2.45, 2.75) is 24.0 Å². The number of terminal acetylenes is 1. The van der Waals surface area contributed by atoms with Crippen LogP contribution in [0.2, 0.25) is 0 Å². The summed E-state index contributed by atoms with van der Waals surface area (Å²) < 4.78 is 0. The first-order valence-electron chi connectivity index (χ1n) is 5.08. The van der Waals surface area contributed by atoms with Gasteiger partial charge in [-0.25, -0.2) is 0 Å². The molecule has 0 fully saturated rings. The van der Waals surface area contributed by atoms with Crippen molar-refractivity contribution in [2.24, 2.45) is 0 Å². The first kappa shape index (κ1) is 12.7. The average molecular weight is 233 g/mol. The van der Waals surface area contributed by atoms with Gasteiger partial charge < -0.3 is 5.32 Å². The molecule has 1 unspecified atom stereocenters. The molecule has 1 atom stereocenters. The summed E-state index contributed by atoms with van der Waals surface area (Å²) in [6.07, 6.45) is 5.08. The van der Waals surface area contributed by atoms with E-state index in [2.05, 4.69) is 17.3 Å². The third kappa shape index (κ3) is 4.00. The number of hydrogen-bond donors (Lipinski definition) is 1. The summed E-state index contributed by atoms with van der Waals surface area (Å²) in [4.78, 5) is 12.7. The van der Waals surface area contributed by atoms with Crippen molar-refractivity contribution in [3.8, 4) is 12.3 Å². The van der Waals surface area contributed by atoms with E-state index in [9.17, 15) is 4.79 Å². The lowest BCUT2D eigenvalue weighted by molar-refractivity contribution is -0.120. The van der Waals surface area contributed by atoms with Gasteiger partial charge in [0.05, 0.1) is 11.8 Å². The molecular formula is C13H15NOS. The van der Waals surface area contributed by atoms with Crippen LogP contribution in [0.4, 0.5) is 0 Å². The van der Waals surface area contributed by atoms with E-state index in [1.54, 1.807) is 0 Å². The van der Waals surface area contributed by atoms with Gasteiger partial charge in [-0.3, -0.25) is 4.79 Å². The number of aryl methyl sites for hydroxylation is 1. The molecule has 1 rings (SSSR count). The minimum Gasteiger partial charge on any atom is -0.344 e. The maximum atomic E-state index is 11.6. The lowest BCUT2D eigenvalue weighted by Crippen LogP contribution is -2.30. The molecule has 1 aromatic carbocycles. The third-order valence-corrected chi connectivity index (χ3v) is 3.13. The Hall–Kier alpha value is -1.40. The van der Waals surface area contributed by atoms with Gasteiger partial charge in [0, 0.05) is 4.90 Å². The molecule has 0 heterocycles. The largest absolute Gasteiger partial charge is 0.344 e. The Kier molecular flexibility index (Phi) is 4.94. The highest BCUT2D eigenvalue weighted by Crippen LogP contribution is 2.23. The van der Waals surface area contributed by atoms with E-state index >= 15 is 0 Å². The van der Waals surface area contributed by atoms with Crippen LogP contribution in [0, 0.1) is 19.3 Å². The molecule has 2 nitrogen and oxygen atoms in total. The van der Waals surface area contributed by atoms with Crippen molar-refractivity contribution in [3.05, 3.63) is 29.8 Å². The molecule has 1 aromatic rings. The second-order valence-corrected chi connectivity index (χ2v) is 4.91. The molecule has 0 aliphatic rings. The Balaban J connectivity index is 2.54. The summed E-state index contributed by atoms with van der Waals surface area (Å²) in [6, 6.07) is 8.09. The number of carbonyl (C=O) groups is 1. The second-order valence-electron chi connectivity index (χ2n) is 3.50. The fourth-order valence-electron chi connectivity index (χ4n) is 1.23. The van der Waals surface area contributed by atoms with Crippen LogP contribution < -0.4 is 5.32 Å². The summed E-state index contributed by atoms with van der Waals surface area (Å²) in [5.74, 6) is 2.36. The minimum absolute atomic E-state index is 0.0237. The third-order valence-electron chi connectivity index (χ3n) is 2.04. The molecule has 0 bridgehead atoms. The number of amides is 1. The molecule has 0 saturated heterocycles. The van der Waals surface area contributed by atoms with E-state index in [0.29, 0.717) is 0 Å². The number of rotatable bonds is 4. The lowest BCUT2D eigenvalue weighted by Gasteiger charge is -2.10. The Labute approximate surface area is 101 Å². The molecule has 1 amide bonds. The molecule has 0 spiro atoms. The SMILES string of the molecule is C#CCNC(=O)C(C)Sc1cccc(C)c1. The highest BCUT2D eigenvalue weighted by Gasteiger charge is 2.13. The van der Waals surface area contributed by atoms with Gasteiger partial charge in [0.25, 0.3) is 0 Å². The Morgan fingerprint density at radius 3 is 3.00 bits per heavy atom. The van der Waals surface area contributed by atoms with Crippen molar-refractivity contribution in [1.82, 2.24) is 5.32 Å². The van der Waals surface area contributed by atoms with E-state index in [4.69, 9.17) is 6.42 Å². The summed E-state index contributed by atoms with van der Waals surface area (Å²) in [6.45, 7) is 4.20. The van der Waals surface area contributed by atoms with Crippen molar-refractivity contribution >= 4 is 17.7 Å². The van der Waals surface area contributed by atoms with E-state index < -0.39 is 0 Å². The Morgan fingerprint density at radius 2 is 2.38 bits per heavy atom. The molecular weight excluding hydrogens is 218 g/mol. The number of hydrogen-bond acceptors (Lipinski definition) is 2. The van der Waals surface area contributed by atoms with Crippen LogP contribution in [0.3, 0.4) is 0 Å². The van der Waals surface area contributed by atoms with Crippen molar-refractivity contribution in [2.75, 3.05) is 6.54 Å². The van der Waals surface area contributed by atoms with Crippen molar-refractivity contribution in [3.63, 3.8) is 0 Å². The van der Waals surface area contributed by atoms with Gasteiger partial charge in [0.15, 0.2) is 0 Å². The average Bonchev–Trinajstić information content (AvgIpc) is 2.25. The van der Waals surface area contributed by atoms with E-state index in [1.165, 1.54) is 17.3 Å². The highest BCUT2D eigenvalue weighted by atomic mass is 32.2. The minimum atomic E-state index is -0.129. The monoisotopic (exact) mass is 233 g/mol. The predicted octanol–water partition coefficient (Wildman–Crippen LogP) is 2.23. The van der Waals surface area contributed by atoms with Crippen molar-refractivity contribution in [1.29, 1.82) is 0 Å². The van der Waals surface area contributed by atoms with Gasteiger partial charge in [-0.15, -0.1) is 18.2 Å². The molecule has 0 aliphatic heterocycles. The molecule has 0 aromatic heterocycles. The highest BCUT2D eigenvalue weighted by molar-refractivity contribution is 8.00. The molecule has 84 valence electrons. The van der Waals surface area contributed by atoms with Crippen LogP contribution in [-0.4, -0.2) is 17.7 Å². The van der Waals surface area contributed by atoms with Gasteiger partial charge in [-0.1, -0.05) is 23.6 Å². The number of benzene rings is 1. The molecule has 0 saturated carbocycles. The smallest absolute Gasteiger partial charge is 0.233 e. The summed E-state index contributed by atoms with van der Waals surface area (Å²) in [5.41, 5.74) is 1.20. The van der Waals surface area contributed by atoms with Gasteiger partial charge in [0.2, 0.25) is 5.91 Å². The maximum absolute atomic E-state index is 11.6. The normalized spacial score (nSPS) is 11.6. The number of thioether (sulfide) groups is 1. The van der Waals surface area contributed by atoms with Crippen LogP contribution in [-0.2, 0) is 4.79 Å². The number of carbonyl (C=O) groups excluding carboxylic acids is 1. The zero-order valence-electron chi connectivity index (χ0n) is 9.49. The Bertz CT molecular complexity index is 409. The molecule has 0 aliphatic carbocycles. The molecule has 3 heteroatoms. The van der Waals surface area contributed by atoms with Gasteiger partial charge in [0.1, 0.15) is 0 Å². The predicted molar refractivity (Wildman–Crippen MR) is 68.3 cm³/mol. The van der Waals surface area contributed by atoms with Crippen LogP contribution in [0.5, 0.6) is 0 Å². The van der Waals surface area contributed by atoms with Crippen LogP contribution in [0.1, 0.15) is 12.5 Å². The molecule has 1 N–H and O–H groups in total. The fourth-order valence-corrected chi connectivity index (χ4v) is 2.24. The first-order chi connectivity index (χ1) is 7.63. The van der Waals surface area contributed by atoms with Gasteiger partial charge in [-0.2, -0.15) is 0 Å². The zero-order valence-corrected chi connectivity index (χ0v) is 10.3. The van der Waals surface area contributed by atoms with Gasteiger partial charge >= 0.3 is 0 Å². The number of nitrogens with one attached hydrogen (secondary N) is 1. The first-order valence-corrected chi connectivity index (χ1v) is 5.96. The van der Waals surface area contributed by atoms with E-state index in [1.807, 2.05) is 32.0 Å². The van der Waals surface area contributed by atoms with Crippen LogP contribution in [0.25, 0.3) is 0 Å². The van der Waals surface area contributed by atoms with E-state index in [0.717, 1.165) is 4.90 Å². The summed E-state index contributed by atoms with van der Waals surface area (Å²) in [5, 5.41) is 2.54. The zero-order chi connectivity index (χ0) is 12.0. The Morgan fingerprint density at radius 1 is 1.62 bits per heavy atom. The van der Waals surface area contributed by atoms with Gasteiger partial charge in [-0.05, 0) is 26.0 Å². The second kappa shape index (κ2) is 6.24. The topological polar surface area (TPSA) is 29.1 Å². The molecule has 16 heavy (non-hydrogen) atoms. The van der Waals surface area contributed by atoms with Crippen molar-refractivity contribution < 1.29 is 4.79 Å². The lowest BCUT2D eigenvalue weighted by atomic mass is 10.2. The van der Waals surface area contributed by atoms with E-state index in [-0.39, 0.29) is 17.7 Å². The summed E-state index contributed by atoms with van der Waals surface area (Å²) >= 11 is 1.54. The molecule has 0 radical (unpaired) electrons. The quantitative estimate of drug-likeness (QED) is 0.638. The van der Waals surface area contributed by atoms with Crippen LogP contribution in [0.15, 0.2) is 29.2 Å². The fraction of sp³-hybridized carbons (Fsp3) is 0.308. The van der Waals surface area contributed by atoms with Crippen LogP contribution >= 0.6 is 11.8 Å². The maximum Gasteiger partial charge on any atom is 0.233 e. The standard InChI is InChI=1S/C13H15NOS/c1-4-8-14-13(15)11(3)16-12-7-5-6-10(2)9-12/h1,5-7,9,11H,8H2,2-3H3,(H,14,15).